The van der Waals surface area contributed by atoms with E-state index >= 15 is 0 Å². The van der Waals surface area contributed by atoms with Gasteiger partial charge in [-0.15, -0.1) is 0 Å². The maximum absolute atomic E-state index is 14.8. The molecule has 0 bridgehead atoms. The summed E-state index contributed by atoms with van der Waals surface area (Å²) in [5.41, 5.74) is 1.46. The molecule has 0 N–H and O–H groups in total. The summed E-state index contributed by atoms with van der Waals surface area (Å²) in [7, 11) is 0. The predicted octanol–water partition coefficient (Wildman–Crippen LogP) is 8.09. The molecule has 0 unspecified atom stereocenters. The Balaban J connectivity index is 1.80. The number of allylic oxidation sites excluding steroid dienone is 2. The van der Waals surface area contributed by atoms with Crippen LogP contribution in [0.4, 0.5) is 8.78 Å². The van der Waals surface area contributed by atoms with Crippen LogP contribution in [0.1, 0.15) is 63.5 Å². The zero-order valence-corrected chi connectivity index (χ0v) is 15.8. The second kappa shape index (κ2) is 8.62. The minimum absolute atomic E-state index is 0.254. The fraction of sp³-hybridized carbons (Fsp3) is 0.417. The number of hydrogen-bond acceptors (Lipinski definition) is 0. The van der Waals surface area contributed by atoms with Crippen LogP contribution in [0.2, 0.25) is 0 Å². The molecule has 0 amide bonds. The fourth-order valence-corrected chi connectivity index (χ4v) is 4.13. The molecule has 0 heterocycles. The van der Waals surface area contributed by atoms with Gasteiger partial charge in [0.2, 0.25) is 0 Å². The van der Waals surface area contributed by atoms with Gasteiger partial charge in [-0.2, -0.15) is 0 Å². The molecule has 138 valence electrons. The average Bonchev–Trinajstić information content (AvgIpc) is 2.67. The Morgan fingerprint density at radius 2 is 1.69 bits per heavy atom. The molecule has 0 aromatic heterocycles. The Morgan fingerprint density at radius 1 is 1.00 bits per heavy atom. The average molecular weight is 354 g/mol. The first-order valence-corrected chi connectivity index (χ1v) is 9.84. The van der Waals surface area contributed by atoms with Gasteiger partial charge in [-0.3, -0.25) is 0 Å². The molecule has 1 aliphatic rings. The van der Waals surface area contributed by atoms with Crippen molar-refractivity contribution in [3.63, 3.8) is 0 Å². The predicted molar refractivity (Wildman–Crippen MR) is 108 cm³/mol. The number of rotatable bonds is 5. The summed E-state index contributed by atoms with van der Waals surface area (Å²) in [6, 6.07) is 11.4. The van der Waals surface area contributed by atoms with Crippen LogP contribution in [-0.2, 0) is 0 Å². The Labute approximate surface area is 155 Å². The summed E-state index contributed by atoms with van der Waals surface area (Å²) < 4.78 is 29.5. The van der Waals surface area contributed by atoms with E-state index in [0.29, 0.717) is 11.5 Å². The van der Waals surface area contributed by atoms with E-state index in [2.05, 4.69) is 13.0 Å². The van der Waals surface area contributed by atoms with Gasteiger partial charge in [-0.25, -0.2) is 8.78 Å². The van der Waals surface area contributed by atoms with Gasteiger partial charge in [0.05, 0.1) is 0 Å². The van der Waals surface area contributed by atoms with E-state index in [-0.39, 0.29) is 5.92 Å². The van der Waals surface area contributed by atoms with E-state index in [1.54, 1.807) is 12.1 Å². The molecule has 0 spiro atoms. The number of benzene rings is 2. The molecule has 1 saturated carbocycles. The van der Waals surface area contributed by atoms with Crippen LogP contribution in [0.25, 0.3) is 22.7 Å². The van der Waals surface area contributed by atoms with Crippen LogP contribution in [0.5, 0.6) is 0 Å². The topological polar surface area (TPSA) is 0 Å². The van der Waals surface area contributed by atoms with E-state index in [1.807, 2.05) is 37.3 Å². The van der Waals surface area contributed by atoms with Crippen LogP contribution in [-0.4, -0.2) is 0 Å². The molecule has 2 heteroatoms. The largest absolute Gasteiger partial charge is 0.208 e. The molecule has 2 aromatic rings. The normalized spacial score (nSPS) is 22.0. The minimum atomic E-state index is -0.677. The van der Waals surface area contributed by atoms with Gasteiger partial charge in [0, 0.05) is 11.5 Å². The number of halogens is 2. The summed E-state index contributed by atoms with van der Waals surface area (Å²) in [5.74, 6) is -0.789. The standard InChI is InChI=1S/C24H28F2/c1-3-5-17-7-10-19(11-8-17)23(25)24(26)22-14-13-20-15-18(6-4-2)9-12-21(20)16-22/h4,6,9,12-17,19H,3,5,7-8,10-11H2,1-2H3/b6-4+,24-23?. The molecule has 1 aliphatic carbocycles. The van der Waals surface area contributed by atoms with Gasteiger partial charge >= 0.3 is 0 Å². The molecule has 2 aromatic carbocycles. The maximum Gasteiger partial charge on any atom is 0.162 e. The fourth-order valence-electron chi connectivity index (χ4n) is 4.13. The van der Waals surface area contributed by atoms with Gasteiger partial charge in [0.25, 0.3) is 0 Å². The summed E-state index contributed by atoms with van der Waals surface area (Å²) in [6.45, 7) is 4.17. The van der Waals surface area contributed by atoms with Crippen molar-refractivity contribution in [3.8, 4) is 0 Å². The molecule has 0 atom stereocenters. The summed E-state index contributed by atoms with van der Waals surface area (Å²) in [6.07, 6.45) is 9.98. The third-order valence-corrected chi connectivity index (χ3v) is 5.59. The minimum Gasteiger partial charge on any atom is -0.208 e. The molecule has 1 fully saturated rings. The second-order valence-corrected chi connectivity index (χ2v) is 7.49. The molecular formula is C24H28F2. The van der Waals surface area contributed by atoms with Gasteiger partial charge in [0.15, 0.2) is 5.83 Å². The first kappa shape index (κ1) is 18.8. The highest BCUT2D eigenvalue weighted by Crippen LogP contribution is 2.39. The van der Waals surface area contributed by atoms with E-state index in [0.717, 1.165) is 42.0 Å². The molecule has 0 radical (unpaired) electrons. The highest BCUT2D eigenvalue weighted by molar-refractivity contribution is 5.87. The summed E-state index contributed by atoms with van der Waals surface area (Å²) >= 11 is 0. The lowest BCUT2D eigenvalue weighted by Gasteiger charge is -2.27. The molecular weight excluding hydrogens is 326 g/mol. The third kappa shape index (κ3) is 4.23. The van der Waals surface area contributed by atoms with Crippen LogP contribution < -0.4 is 0 Å². The lowest BCUT2D eigenvalue weighted by atomic mass is 9.79. The Morgan fingerprint density at radius 3 is 2.38 bits per heavy atom. The molecule has 0 nitrogen and oxygen atoms in total. The summed E-state index contributed by atoms with van der Waals surface area (Å²) in [4.78, 5) is 0. The maximum atomic E-state index is 14.8. The van der Waals surface area contributed by atoms with Gasteiger partial charge in [-0.05, 0) is 67.0 Å². The van der Waals surface area contributed by atoms with Gasteiger partial charge < -0.3 is 0 Å². The smallest absolute Gasteiger partial charge is 0.162 e. The van der Waals surface area contributed by atoms with Crippen molar-refractivity contribution in [2.75, 3.05) is 0 Å². The van der Waals surface area contributed by atoms with Gasteiger partial charge in [0.1, 0.15) is 5.83 Å². The van der Waals surface area contributed by atoms with E-state index in [1.165, 1.54) is 12.8 Å². The van der Waals surface area contributed by atoms with Crippen molar-refractivity contribution in [2.45, 2.75) is 52.4 Å². The van der Waals surface area contributed by atoms with E-state index in [9.17, 15) is 8.78 Å². The summed E-state index contributed by atoms with van der Waals surface area (Å²) in [5, 5.41) is 1.97. The van der Waals surface area contributed by atoms with Gasteiger partial charge in [-0.1, -0.05) is 56.2 Å². The van der Waals surface area contributed by atoms with Crippen LogP contribution in [0, 0.1) is 11.8 Å². The first-order valence-electron chi connectivity index (χ1n) is 9.84. The molecule has 0 saturated heterocycles. The molecule has 0 aliphatic heterocycles. The Hall–Kier alpha value is -1.96. The lowest BCUT2D eigenvalue weighted by molar-refractivity contribution is 0.261. The highest BCUT2D eigenvalue weighted by Gasteiger charge is 2.26. The Kier molecular flexibility index (Phi) is 6.24. The highest BCUT2D eigenvalue weighted by atomic mass is 19.2. The van der Waals surface area contributed by atoms with Crippen molar-refractivity contribution in [1.82, 2.24) is 0 Å². The Bertz CT molecular complexity index is 808. The SMILES string of the molecule is C/C=C/c1ccc2cc(C(F)=C(F)C3CCC(CCC)CC3)ccc2c1. The second-order valence-electron chi connectivity index (χ2n) is 7.49. The van der Waals surface area contributed by atoms with Crippen molar-refractivity contribution in [1.29, 1.82) is 0 Å². The number of hydrogen-bond donors (Lipinski definition) is 0. The molecule has 26 heavy (non-hydrogen) atoms. The lowest BCUT2D eigenvalue weighted by Crippen LogP contribution is -2.15. The van der Waals surface area contributed by atoms with E-state index in [4.69, 9.17) is 0 Å². The van der Waals surface area contributed by atoms with Crippen molar-refractivity contribution in [2.24, 2.45) is 11.8 Å². The first-order chi connectivity index (χ1) is 12.6. The zero-order valence-electron chi connectivity index (χ0n) is 15.8. The van der Waals surface area contributed by atoms with Crippen molar-refractivity contribution < 1.29 is 8.78 Å². The van der Waals surface area contributed by atoms with Crippen LogP contribution in [0.3, 0.4) is 0 Å². The number of fused-ring (bicyclic) bond motifs is 1. The van der Waals surface area contributed by atoms with Crippen molar-refractivity contribution >= 4 is 22.7 Å². The van der Waals surface area contributed by atoms with Crippen LogP contribution in [0.15, 0.2) is 48.3 Å². The zero-order chi connectivity index (χ0) is 18.5. The van der Waals surface area contributed by atoms with Crippen molar-refractivity contribution in [3.05, 3.63) is 59.4 Å². The molecule has 3 rings (SSSR count). The third-order valence-electron chi connectivity index (χ3n) is 5.59. The van der Waals surface area contributed by atoms with E-state index < -0.39 is 11.7 Å². The quantitative estimate of drug-likeness (QED) is 0.509. The monoisotopic (exact) mass is 354 g/mol. The van der Waals surface area contributed by atoms with Crippen LogP contribution >= 0.6 is 0 Å².